The molecule has 10 heteroatoms. The van der Waals surface area contributed by atoms with Crippen molar-refractivity contribution in [2.75, 3.05) is 4.72 Å². The Bertz CT molecular complexity index is 1510. The van der Waals surface area contributed by atoms with Crippen LogP contribution in [0.3, 0.4) is 0 Å². The molecule has 0 atom stereocenters. The molecule has 34 heavy (non-hydrogen) atoms. The van der Waals surface area contributed by atoms with E-state index in [4.69, 9.17) is 16.1 Å². The van der Waals surface area contributed by atoms with E-state index in [0.717, 1.165) is 12.8 Å². The lowest BCUT2D eigenvalue weighted by Gasteiger charge is -2.18. The molecule has 0 spiro atoms. The predicted octanol–water partition coefficient (Wildman–Crippen LogP) is 5.47. The number of aromatic nitrogens is 2. The Morgan fingerprint density at radius 2 is 1.91 bits per heavy atom. The Balaban J connectivity index is 1.66. The van der Waals surface area contributed by atoms with Crippen LogP contribution in [0.5, 0.6) is 0 Å². The molecule has 0 amide bonds. The van der Waals surface area contributed by atoms with E-state index in [9.17, 15) is 18.3 Å². The van der Waals surface area contributed by atoms with Gasteiger partial charge in [-0.05, 0) is 67.6 Å². The highest BCUT2D eigenvalue weighted by Gasteiger charge is 2.32. The molecule has 0 unspecified atom stereocenters. The molecule has 8 nitrogen and oxygen atoms in total. The molecular weight excluding hydrogens is 478 g/mol. The molecule has 0 saturated heterocycles. The number of rotatable bonds is 7. The van der Waals surface area contributed by atoms with Gasteiger partial charge in [-0.2, -0.15) is 0 Å². The van der Waals surface area contributed by atoms with Crippen molar-refractivity contribution in [3.63, 3.8) is 0 Å². The lowest BCUT2D eigenvalue weighted by atomic mass is 10.1. The third kappa shape index (κ3) is 4.08. The fraction of sp³-hybridized carbons (Fsp3) is 0.167. The summed E-state index contributed by atoms with van der Waals surface area (Å²) in [5.41, 5.74) is 2.50. The van der Waals surface area contributed by atoms with E-state index >= 15 is 0 Å². The van der Waals surface area contributed by atoms with Crippen LogP contribution in [0.1, 0.15) is 40.4 Å². The fourth-order valence-corrected chi connectivity index (χ4v) is 5.60. The highest BCUT2D eigenvalue weighted by molar-refractivity contribution is 7.92. The van der Waals surface area contributed by atoms with Gasteiger partial charge in [-0.3, -0.25) is 4.72 Å². The number of sulfonamides is 1. The van der Waals surface area contributed by atoms with E-state index in [1.54, 1.807) is 42.1 Å². The van der Waals surface area contributed by atoms with Crippen molar-refractivity contribution in [3.8, 4) is 16.8 Å². The van der Waals surface area contributed by atoms with Crippen molar-refractivity contribution in [3.05, 3.63) is 83.0 Å². The maximum absolute atomic E-state index is 13.6. The van der Waals surface area contributed by atoms with Gasteiger partial charge >= 0.3 is 5.97 Å². The van der Waals surface area contributed by atoms with Gasteiger partial charge in [-0.25, -0.2) is 13.2 Å². The smallest absolute Gasteiger partial charge is 0.335 e. The van der Waals surface area contributed by atoms with Crippen molar-refractivity contribution < 1.29 is 22.8 Å². The molecule has 2 aromatic heterocycles. The van der Waals surface area contributed by atoms with E-state index in [-0.39, 0.29) is 22.1 Å². The molecule has 5 rings (SSSR count). The van der Waals surface area contributed by atoms with Gasteiger partial charge in [-0.15, -0.1) is 0 Å². The highest BCUT2D eigenvalue weighted by atomic mass is 35.5. The van der Waals surface area contributed by atoms with Crippen LogP contribution < -0.4 is 4.72 Å². The maximum Gasteiger partial charge on any atom is 0.335 e. The average Bonchev–Trinajstić information content (AvgIpc) is 3.32. The van der Waals surface area contributed by atoms with Gasteiger partial charge in [-0.1, -0.05) is 22.8 Å². The normalized spacial score (nSPS) is 13.7. The van der Waals surface area contributed by atoms with Crippen LogP contribution in [0.2, 0.25) is 5.02 Å². The molecule has 174 valence electrons. The second-order valence-corrected chi connectivity index (χ2v) is 10.2. The molecule has 2 N–H and O–H groups in total. The summed E-state index contributed by atoms with van der Waals surface area (Å²) in [7, 11) is -4.14. The van der Waals surface area contributed by atoms with Gasteiger partial charge in [0, 0.05) is 23.5 Å². The third-order valence-corrected chi connectivity index (χ3v) is 7.55. The van der Waals surface area contributed by atoms with Crippen LogP contribution in [0.4, 0.5) is 5.69 Å². The number of nitrogens with zero attached hydrogens (tertiary/aromatic N) is 2. The van der Waals surface area contributed by atoms with E-state index in [1.807, 2.05) is 12.1 Å². The van der Waals surface area contributed by atoms with E-state index < -0.39 is 16.0 Å². The second-order valence-electron chi connectivity index (χ2n) is 8.17. The number of aryl methyl sites for hydroxylation is 1. The molecule has 0 radical (unpaired) electrons. The molecule has 2 heterocycles. The molecule has 1 aliphatic rings. The van der Waals surface area contributed by atoms with Crippen molar-refractivity contribution >= 4 is 33.3 Å². The van der Waals surface area contributed by atoms with Gasteiger partial charge in [0.25, 0.3) is 10.0 Å². The van der Waals surface area contributed by atoms with Crippen molar-refractivity contribution in [2.24, 2.45) is 0 Å². The summed E-state index contributed by atoms with van der Waals surface area (Å²) >= 11 is 6.58. The molecule has 0 bridgehead atoms. The van der Waals surface area contributed by atoms with Crippen molar-refractivity contribution in [1.29, 1.82) is 0 Å². The molecule has 4 aromatic rings. The lowest BCUT2D eigenvalue weighted by molar-refractivity contribution is 0.0696. The zero-order valence-electron chi connectivity index (χ0n) is 18.0. The van der Waals surface area contributed by atoms with Crippen LogP contribution in [-0.4, -0.2) is 29.2 Å². The molecule has 0 aliphatic heterocycles. The Morgan fingerprint density at radius 1 is 1.18 bits per heavy atom. The van der Waals surface area contributed by atoms with Crippen LogP contribution in [-0.2, 0) is 10.0 Å². The number of carbonyl (C=O) groups is 1. The van der Waals surface area contributed by atoms with Gasteiger partial charge < -0.3 is 14.2 Å². The summed E-state index contributed by atoms with van der Waals surface area (Å²) in [6, 6.07) is 11.2. The monoisotopic (exact) mass is 497 g/mol. The first kappa shape index (κ1) is 22.2. The third-order valence-electron chi connectivity index (χ3n) is 5.82. The van der Waals surface area contributed by atoms with Crippen LogP contribution in [0.25, 0.3) is 16.8 Å². The minimum Gasteiger partial charge on any atom is -0.478 e. The van der Waals surface area contributed by atoms with Crippen LogP contribution >= 0.6 is 11.6 Å². The zero-order valence-corrected chi connectivity index (χ0v) is 19.6. The van der Waals surface area contributed by atoms with E-state index in [2.05, 4.69) is 9.88 Å². The van der Waals surface area contributed by atoms with Gasteiger partial charge in [0.05, 0.1) is 33.1 Å². The Morgan fingerprint density at radius 3 is 2.53 bits per heavy atom. The topological polar surface area (TPSA) is 114 Å². The van der Waals surface area contributed by atoms with Gasteiger partial charge in [0.2, 0.25) is 0 Å². The molecule has 1 aliphatic carbocycles. The molecule has 2 aromatic carbocycles. The van der Waals surface area contributed by atoms with E-state index in [0.29, 0.717) is 33.2 Å². The number of hydrogen-bond donors (Lipinski definition) is 2. The Kier molecular flexibility index (Phi) is 5.45. The minimum atomic E-state index is -4.14. The number of carboxylic acids is 1. The van der Waals surface area contributed by atoms with Crippen molar-refractivity contribution in [1.82, 2.24) is 9.72 Å². The first-order valence-electron chi connectivity index (χ1n) is 10.5. The minimum absolute atomic E-state index is 0.0361. The first-order valence-corrected chi connectivity index (χ1v) is 12.4. The number of nitrogens with one attached hydrogen (secondary N) is 1. The number of benzene rings is 2. The zero-order chi connectivity index (χ0) is 24.0. The molecule has 1 fully saturated rings. The second kappa shape index (κ2) is 8.34. The summed E-state index contributed by atoms with van der Waals surface area (Å²) in [5.74, 6) is -0.558. The number of halogens is 1. The highest BCUT2D eigenvalue weighted by Crippen LogP contribution is 2.44. The predicted molar refractivity (Wildman–Crippen MR) is 127 cm³/mol. The summed E-state index contributed by atoms with van der Waals surface area (Å²) in [6.45, 7) is 1.74. The summed E-state index contributed by atoms with van der Waals surface area (Å²) < 4.78 is 36.8. The summed E-state index contributed by atoms with van der Waals surface area (Å²) in [4.78, 5) is 11.5. The van der Waals surface area contributed by atoms with Gasteiger partial charge in [0.1, 0.15) is 5.76 Å². The number of anilines is 1. The SMILES string of the molecule is Cc1oncc1-c1cc(NS(=O)(=O)c2cc(C(=O)O)ccc2C2CC2)c(-n2cccc2)cc1Cl. The van der Waals surface area contributed by atoms with E-state index in [1.165, 1.54) is 18.3 Å². The number of hydrogen-bond acceptors (Lipinski definition) is 5. The van der Waals surface area contributed by atoms with Gasteiger partial charge in [0.15, 0.2) is 0 Å². The maximum atomic E-state index is 13.6. The fourth-order valence-electron chi connectivity index (χ4n) is 3.95. The quantitative estimate of drug-likeness (QED) is 0.350. The van der Waals surface area contributed by atoms with Crippen molar-refractivity contribution in [2.45, 2.75) is 30.6 Å². The standard InChI is InChI=1S/C24H20ClN3O5S/c1-14-19(13-26-33-14)18-11-21(22(12-20(18)25)28-8-2-3-9-28)27-34(31,32)23-10-16(24(29)30)6-7-17(23)15-4-5-15/h2-3,6-13,15,27H,4-5H2,1H3,(H,29,30). The Labute approximate surface area is 200 Å². The molecular formula is C24H20ClN3O5S. The first-order chi connectivity index (χ1) is 16.2. The number of aromatic carboxylic acids is 1. The molecule has 1 saturated carbocycles. The number of carboxylic acid groups (broad SMARTS) is 1. The largest absolute Gasteiger partial charge is 0.478 e. The van der Waals surface area contributed by atoms with Crippen LogP contribution in [0.15, 0.2) is 70.5 Å². The summed E-state index contributed by atoms with van der Waals surface area (Å²) in [6.07, 6.45) is 6.79. The van der Waals surface area contributed by atoms with Crippen LogP contribution in [0, 0.1) is 6.92 Å². The summed E-state index contributed by atoms with van der Waals surface area (Å²) in [5, 5.41) is 13.6. The lowest BCUT2D eigenvalue weighted by Crippen LogP contribution is -2.17. The average molecular weight is 498 g/mol. The Hall–Kier alpha value is -3.56.